The van der Waals surface area contributed by atoms with Gasteiger partial charge in [-0.1, -0.05) is 72.8 Å². The van der Waals surface area contributed by atoms with Crippen LogP contribution in [-0.4, -0.2) is 36.8 Å². The van der Waals surface area contributed by atoms with Gasteiger partial charge in [0.2, 0.25) is 6.79 Å². The molecule has 216 valence electrons. The second kappa shape index (κ2) is 11.9. The van der Waals surface area contributed by atoms with Gasteiger partial charge in [0.05, 0.1) is 18.3 Å². The van der Waals surface area contributed by atoms with Gasteiger partial charge in [0.15, 0.2) is 11.5 Å². The van der Waals surface area contributed by atoms with E-state index in [0.717, 1.165) is 23.3 Å². The maximum absolute atomic E-state index is 13.7. The van der Waals surface area contributed by atoms with Crippen molar-refractivity contribution in [2.75, 3.05) is 19.9 Å². The quantitative estimate of drug-likeness (QED) is 0.233. The zero-order valence-electron chi connectivity index (χ0n) is 22.8. The highest BCUT2D eigenvalue weighted by atomic mass is 19.4. The molecule has 1 saturated heterocycles. The Kier molecular flexibility index (Phi) is 7.89. The summed E-state index contributed by atoms with van der Waals surface area (Å²) in [4.78, 5) is 15.6. The lowest BCUT2D eigenvalue weighted by molar-refractivity contribution is -0.137. The van der Waals surface area contributed by atoms with Crippen LogP contribution in [0.15, 0.2) is 103 Å². The number of amides is 1. The standard InChI is InChI=1S/C34H30F3NO4/c35-34(36,37)27-14-11-23(12-15-27)21-40-29-17-18-38(33(39)26-13-16-30-31(19-26)42-22-41-30)20-28(29)32(24-7-3-1-4-8-24)25-9-5-2-6-10-25/h1-16,19,28-29,32H,17-18,20-22H2. The van der Waals surface area contributed by atoms with Crippen LogP contribution in [0, 0.1) is 5.92 Å². The Bertz CT molecular complexity index is 1470. The largest absolute Gasteiger partial charge is 0.454 e. The van der Waals surface area contributed by atoms with E-state index in [-0.39, 0.29) is 37.2 Å². The number of fused-ring (bicyclic) bond motifs is 1. The van der Waals surface area contributed by atoms with Gasteiger partial charge in [-0.25, -0.2) is 0 Å². The normalized spacial score (nSPS) is 18.3. The van der Waals surface area contributed by atoms with Crippen LogP contribution in [0.2, 0.25) is 0 Å². The van der Waals surface area contributed by atoms with Crippen LogP contribution in [0.1, 0.15) is 45.0 Å². The molecule has 2 aliphatic rings. The van der Waals surface area contributed by atoms with Crippen LogP contribution in [0.5, 0.6) is 11.5 Å². The summed E-state index contributed by atoms with van der Waals surface area (Å²) in [5.74, 6) is 0.888. The van der Waals surface area contributed by atoms with Gasteiger partial charge >= 0.3 is 6.18 Å². The summed E-state index contributed by atoms with van der Waals surface area (Å²) in [6, 6.07) is 30.6. The second-order valence-electron chi connectivity index (χ2n) is 10.6. The molecule has 2 heterocycles. The van der Waals surface area contributed by atoms with Crippen molar-refractivity contribution in [2.24, 2.45) is 5.92 Å². The van der Waals surface area contributed by atoms with Gasteiger partial charge < -0.3 is 19.1 Å². The first kappa shape index (κ1) is 27.8. The summed E-state index contributed by atoms with van der Waals surface area (Å²) >= 11 is 0. The first-order valence-corrected chi connectivity index (χ1v) is 13.9. The molecule has 0 aromatic heterocycles. The fourth-order valence-electron chi connectivity index (χ4n) is 5.88. The highest BCUT2D eigenvalue weighted by Crippen LogP contribution is 2.40. The molecule has 4 aromatic carbocycles. The van der Waals surface area contributed by atoms with E-state index >= 15 is 0 Å². The van der Waals surface area contributed by atoms with Crippen molar-refractivity contribution < 1.29 is 32.2 Å². The number of alkyl halides is 3. The molecular formula is C34H30F3NO4. The molecule has 0 N–H and O–H groups in total. The first-order chi connectivity index (χ1) is 20.4. The number of benzene rings is 4. The van der Waals surface area contributed by atoms with Crippen molar-refractivity contribution in [1.29, 1.82) is 0 Å². The molecule has 0 aliphatic carbocycles. The topological polar surface area (TPSA) is 48.0 Å². The Morgan fingerprint density at radius 1 is 0.857 bits per heavy atom. The third-order valence-electron chi connectivity index (χ3n) is 7.99. The third kappa shape index (κ3) is 5.99. The molecular weight excluding hydrogens is 543 g/mol. The van der Waals surface area contributed by atoms with E-state index in [0.29, 0.717) is 42.1 Å². The van der Waals surface area contributed by atoms with Crippen molar-refractivity contribution in [2.45, 2.75) is 31.2 Å². The molecule has 1 amide bonds. The van der Waals surface area contributed by atoms with Gasteiger partial charge in [0, 0.05) is 30.5 Å². The zero-order chi connectivity index (χ0) is 29.1. The van der Waals surface area contributed by atoms with Crippen LogP contribution in [-0.2, 0) is 17.5 Å². The highest BCUT2D eigenvalue weighted by Gasteiger charge is 2.39. The van der Waals surface area contributed by atoms with Crippen molar-refractivity contribution >= 4 is 5.91 Å². The number of rotatable bonds is 7. The van der Waals surface area contributed by atoms with Crippen molar-refractivity contribution in [3.63, 3.8) is 0 Å². The number of piperidine rings is 1. The van der Waals surface area contributed by atoms with Crippen molar-refractivity contribution in [1.82, 2.24) is 4.90 Å². The number of ether oxygens (including phenoxy) is 3. The molecule has 2 aliphatic heterocycles. The summed E-state index contributed by atoms with van der Waals surface area (Å²) in [6.07, 6.45) is -4.04. The molecule has 0 spiro atoms. The molecule has 0 bridgehead atoms. The van der Waals surface area contributed by atoms with Gasteiger partial charge in [-0.2, -0.15) is 13.2 Å². The van der Waals surface area contributed by atoms with Gasteiger partial charge in [0.25, 0.3) is 5.91 Å². The summed E-state index contributed by atoms with van der Waals surface area (Å²) in [7, 11) is 0. The molecule has 6 rings (SSSR count). The molecule has 0 radical (unpaired) electrons. The van der Waals surface area contributed by atoms with Crippen LogP contribution in [0.4, 0.5) is 13.2 Å². The average molecular weight is 574 g/mol. The van der Waals surface area contributed by atoms with E-state index < -0.39 is 11.7 Å². The van der Waals surface area contributed by atoms with E-state index in [1.54, 1.807) is 18.2 Å². The van der Waals surface area contributed by atoms with Crippen LogP contribution in [0.3, 0.4) is 0 Å². The van der Waals surface area contributed by atoms with Crippen LogP contribution in [0.25, 0.3) is 0 Å². The van der Waals surface area contributed by atoms with Gasteiger partial charge in [-0.15, -0.1) is 0 Å². The monoisotopic (exact) mass is 573 g/mol. The lowest BCUT2D eigenvalue weighted by Gasteiger charge is -2.42. The number of halogens is 3. The first-order valence-electron chi connectivity index (χ1n) is 13.9. The molecule has 4 aromatic rings. The number of nitrogens with zero attached hydrogens (tertiary/aromatic N) is 1. The molecule has 1 fully saturated rings. The van der Waals surface area contributed by atoms with Crippen LogP contribution >= 0.6 is 0 Å². The molecule has 42 heavy (non-hydrogen) atoms. The predicted octanol–water partition coefficient (Wildman–Crippen LogP) is 7.31. The molecule has 0 saturated carbocycles. The zero-order valence-corrected chi connectivity index (χ0v) is 22.8. The number of carbonyl (C=O) groups excluding carboxylic acids is 1. The number of likely N-dealkylation sites (tertiary alicyclic amines) is 1. The Morgan fingerprint density at radius 2 is 1.50 bits per heavy atom. The lowest BCUT2D eigenvalue weighted by atomic mass is 9.75. The Hall–Kier alpha value is -4.30. The fraction of sp³-hybridized carbons (Fsp3) is 0.265. The summed E-state index contributed by atoms with van der Waals surface area (Å²) in [6.45, 7) is 1.23. The van der Waals surface area contributed by atoms with Crippen molar-refractivity contribution in [3.05, 3.63) is 131 Å². The average Bonchev–Trinajstić information content (AvgIpc) is 3.49. The number of carbonyl (C=O) groups is 1. The summed E-state index contributed by atoms with van der Waals surface area (Å²) < 4.78 is 56.6. The number of hydrogen-bond donors (Lipinski definition) is 0. The van der Waals surface area contributed by atoms with Gasteiger partial charge in [-0.05, 0) is 53.4 Å². The maximum atomic E-state index is 13.7. The maximum Gasteiger partial charge on any atom is 0.416 e. The van der Waals surface area contributed by atoms with Crippen molar-refractivity contribution in [3.8, 4) is 11.5 Å². The Balaban J connectivity index is 1.29. The summed E-state index contributed by atoms with van der Waals surface area (Å²) in [5.41, 5.74) is 2.71. The predicted molar refractivity (Wildman–Crippen MR) is 151 cm³/mol. The van der Waals surface area contributed by atoms with E-state index in [4.69, 9.17) is 14.2 Å². The van der Waals surface area contributed by atoms with E-state index in [9.17, 15) is 18.0 Å². The second-order valence-corrected chi connectivity index (χ2v) is 10.6. The SMILES string of the molecule is O=C(c1ccc2c(c1)OCO2)N1CCC(OCc2ccc(C(F)(F)F)cc2)C(C(c2ccccc2)c2ccccc2)C1. The molecule has 2 atom stereocenters. The van der Waals surface area contributed by atoms with E-state index in [1.165, 1.54) is 12.1 Å². The third-order valence-corrected chi connectivity index (χ3v) is 7.99. The van der Waals surface area contributed by atoms with Gasteiger partial charge in [0.1, 0.15) is 0 Å². The minimum atomic E-state index is -4.39. The smallest absolute Gasteiger partial charge is 0.416 e. The molecule has 5 nitrogen and oxygen atoms in total. The van der Waals surface area contributed by atoms with Crippen LogP contribution < -0.4 is 9.47 Å². The fourth-order valence-corrected chi connectivity index (χ4v) is 5.88. The molecule has 8 heteroatoms. The Morgan fingerprint density at radius 3 is 2.14 bits per heavy atom. The number of hydrogen-bond acceptors (Lipinski definition) is 4. The van der Waals surface area contributed by atoms with Gasteiger partial charge in [-0.3, -0.25) is 4.79 Å². The molecule has 2 unspecified atom stereocenters. The van der Waals surface area contributed by atoms with E-state index in [1.807, 2.05) is 41.3 Å². The minimum absolute atomic E-state index is 0.0719. The minimum Gasteiger partial charge on any atom is -0.454 e. The highest BCUT2D eigenvalue weighted by molar-refractivity contribution is 5.95. The Labute approximate surface area is 242 Å². The summed E-state index contributed by atoms with van der Waals surface area (Å²) in [5, 5.41) is 0. The lowest BCUT2D eigenvalue weighted by Crippen LogP contribution is -2.49. The van der Waals surface area contributed by atoms with E-state index in [2.05, 4.69) is 24.3 Å².